The lowest BCUT2D eigenvalue weighted by Crippen LogP contribution is -2.47. The highest BCUT2D eigenvalue weighted by atomic mass is 16.6. The zero-order valence-corrected chi connectivity index (χ0v) is 11.1. The third kappa shape index (κ3) is 2.31. The van der Waals surface area contributed by atoms with Gasteiger partial charge in [-0.25, -0.2) is 0 Å². The van der Waals surface area contributed by atoms with Gasteiger partial charge < -0.3 is 19.3 Å². The van der Waals surface area contributed by atoms with Crippen LogP contribution in [-0.4, -0.2) is 49.3 Å². The first-order chi connectivity index (χ1) is 8.70. The molecule has 4 heteroatoms. The third-order valence-corrected chi connectivity index (χ3v) is 4.86. The molecule has 0 aromatic rings. The van der Waals surface area contributed by atoms with E-state index in [1.807, 2.05) is 0 Å². The quantitative estimate of drug-likeness (QED) is 0.810. The van der Waals surface area contributed by atoms with E-state index in [9.17, 15) is 5.11 Å². The van der Waals surface area contributed by atoms with Crippen LogP contribution in [0.3, 0.4) is 0 Å². The van der Waals surface area contributed by atoms with Gasteiger partial charge in [-0.1, -0.05) is 6.92 Å². The second-order valence-corrected chi connectivity index (χ2v) is 6.18. The Balaban J connectivity index is 1.64. The van der Waals surface area contributed by atoms with E-state index in [2.05, 4.69) is 6.92 Å². The highest BCUT2D eigenvalue weighted by Crippen LogP contribution is 2.39. The lowest BCUT2D eigenvalue weighted by molar-refractivity contribution is -0.136. The number of hydrogen-bond acceptors (Lipinski definition) is 4. The normalized spacial score (nSPS) is 46.7. The molecule has 3 aliphatic rings. The van der Waals surface area contributed by atoms with Crippen molar-refractivity contribution >= 4 is 0 Å². The van der Waals surface area contributed by atoms with Crippen molar-refractivity contribution in [1.29, 1.82) is 0 Å². The van der Waals surface area contributed by atoms with Crippen LogP contribution in [0.2, 0.25) is 0 Å². The van der Waals surface area contributed by atoms with Crippen LogP contribution in [0.4, 0.5) is 0 Å². The molecule has 18 heavy (non-hydrogen) atoms. The average Bonchev–Trinajstić information content (AvgIpc) is 2.98. The van der Waals surface area contributed by atoms with Gasteiger partial charge in [0.1, 0.15) is 0 Å². The second kappa shape index (κ2) is 5.08. The Bertz CT molecular complexity index is 288. The summed E-state index contributed by atoms with van der Waals surface area (Å²) in [4.78, 5) is 0. The van der Waals surface area contributed by atoms with Crippen molar-refractivity contribution in [3.05, 3.63) is 0 Å². The summed E-state index contributed by atoms with van der Waals surface area (Å²) < 4.78 is 17.1. The van der Waals surface area contributed by atoms with Crippen LogP contribution in [0.15, 0.2) is 0 Å². The predicted molar refractivity (Wildman–Crippen MR) is 66.4 cm³/mol. The van der Waals surface area contributed by atoms with Gasteiger partial charge in [0, 0.05) is 26.2 Å². The molecule has 4 nitrogen and oxygen atoms in total. The first-order valence-electron chi connectivity index (χ1n) is 7.22. The molecule has 5 unspecified atom stereocenters. The van der Waals surface area contributed by atoms with Gasteiger partial charge in [0.05, 0.1) is 24.4 Å². The zero-order valence-electron chi connectivity index (χ0n) is 11.1. The van der Waals surface area contributed by atoms with Crippen molar-refractivity contribution < 1.29 is 19.3 Å². The molecule has 0 aromatic heterocycles. The number of hydrogen-bond donors (Lipinski definition) is 1. The fourth-order valence-corrected chi connectivity index (χ4v) is 3.64. The maximum atomic E-state index is 10.6. The van der Waals surface area contributed by atoms with Crippen LogP contribution in [0, 0.1) is 11.8 Å². The molecule has 0 radical (unpaired) electrons. The monoisotopic (exact) mass is 256 g/mol. The van der Waals surface area contributed by atoms with Crippen molar-refractivity contribution in [3.63, 3.8) is 0 Å². The summed E-state index contributed by atoms with van der Waals surface area (Å²) in [7, 11) is 0. The molecule has 5 atom stereocenters. The lowest BCUT2D eigenvalue weighted by atomic mass is 9.79. The standard InChI is InChI=1S/C14H24O4/c1-10-2-5-17-13(10)12(15)11-3-6-18-14(8-11)4-7-16-9-14/h10-13,15H,2-9H2,1H3. The van der Waals surface area contributed by atoms with Crippen LogP contribution in [0.25, 0.3) is 0 Å². The Morgan fingerprint density at radius 1 is 1.22 bits per heavy atom. The number of aliphatic hydroxyl groups is 1. The topological polar surface area (TPSA) is 47.9 Å². The molecule has 0 bridgehead atoms. The molecule has 0 aliphatic carbocycles. The number of aliphatic hydroxyl groups excluding tert-OH is 1. The molecule has 104 valence electrons. The van der Waals surface area contributed by atoms with Crippen LogP contribution >= 0.6 is 0 Å². The fourth-order valence-electron chi connectivity index (χ4n) is 3.64. The predicted octanol–water partition coefficient (Wildman–Crippen LogP) is 1.36. The van der Waals surface area contributed by atoms with Crippen molar-refractivity contribution in [1.82, 2.24) is 0 Å². The Morgan fingerprint density at radius 2 is 2.11 bits per heavy atom. The molecule has 3 fully saturated rings. The van der Waals surface area contributed by atoms with Crippen molar-refractivity contribution in [2.24, 2.45) is 11.8 Å². The van der Waals surface area contributed by atoms with Crippen molar-refractivity contribution in [2.75, 3.05) is 26.4 Å². The van der Waals surface area contributed by atoms with E-state index in [1.54, 1.807) is 0 Å². The van der Waals surface area contributed by atoms with Gasteiger partial charge in [0.15, 0.2) is 0 Å². The minimum Gasteiger partial charge on any atom is -0.390 e. The molecular weight excluding hydrogens is 232 g/mol. The second-order valence-electron chi connectivity index (χ2n) is 6.18. The summed E-state index contributed by atoms with van der Waals surface area (Å²) >= 11 is 0. The molecule has 0 amide bonds. The molecular formula is C14H24O4. The summed E-state index contributed by atoms with van der Waals surface area (Å²) in [5.74, 6) is 0.768. The highest BCUT2D eigenvalue weighted by Gasteiger charge is 2.45. The molecule has 3 aliphatic heterocycles. The molecule has 0 aromatic carbocycles. The van der Waals surface area contributed by atoms with Crippen LogP contribution < -0.4 is 0 Å². The highest BCUT2D eigenvalue weighted by molar-refractivity contribution is 4.94. The first-order valence-corrected chi connectivity index (χ1v) is 7.22. The average molecular weight is 256 g/mol. The van der Waals surface area contributed by atoms with Crippen LogP contribution in [0.1, 0.15) is 32.6 Å². The van der Waals surface area contributed by atoms with E-state index >= 15 is 0 Å². The van der Waals surface area contributed by atoms with Gasteiger partial charge in [0.25, 0.3) is 0 Å². The van der Waals surface area contributed by atoms with Gasteiger partial charge in [-0.2, -0.15) is 0 Å². The smallest absolute Gasteiger partial charge is 0.0940 e. The summed E-state index contributed by atoms with van der Waals surface area (Å²) in [6.07, 6.45) is 3.57. The fraction of sp³-hybridized carbons (Fsp3) is 1.00. The maximum Gasteiger partial charge on any atom is 0.0940 e. The SMILES string of the molecule is CC1CCOC1C(O)C1CCOC2(CCOC2)C1. The Morgan fingerprint density at radius 3 is 2.78 bits per heavy atom. The largest absolute Gasteiger partial charge is 0.390 e. The Labute approximate surface area is 109 Å². The maximum absolute atomic E-state index is 10.6. The minimum absolute atomic E-state index is 0.0208. The van der Waals surface area contributed by atoms with E-state index in [1.165, 1.54) is 0 Å². The molecule has 3 rings (SSSR count). The first kappa shape index (κ1) is 12.9. The number of rotatable bonds is 2. The van der Waals surface area contributed by atoms with Gasteiger partial charge in [-0.3, -0.25) is 0 Å². The van der Waals surface area contributed by atoms with Gasteiger partial charge in [-0.15, -0.1) is 0 Å². The third-order valence-electron chi connectivity index (χ3n) is 4.86. The summed E-state index contributed by atoms with van der Waals surface area (Å²) in [5, 5.41) is 10.6. The summed E-state index contributed by atoms with van der Waals surface area (Å²) in [6, 6.07) is 0. The van der Waals surface area contributed by atoms with E-state index < -0.39 is 0 Å². The molecule has 1 spiro atoms. The molecule has 3 heterocycles. The van der Waals surface area contributed by atoms with E-state index in [4.69, 9.17) is 14.2 Å². The van der Waals surface area contributed by atoms with E-state index in [0.717, 1.165) is 45.5 Å². The minimum atomic E-state index is -0.344. The molecule has 3 saturated heterocycles. The van der Waals surface area contributed by atoms with Gasteiger partial charge in [0.2, 0.25) is 0 Å². The van der Waals surface area contributed by atoms with Crippen LogP contribution in [0.5, 0.6) is 0 Å². The molecule has 0 saturated carbocycles. The Hall–Kier alpha value is -0.160. The number of ether oxygens (including phenoxy) is 3. The van der Waals surface area contributed by atoms with Gasteiger partial charge >= 0.3 is 0 Å². The summed E-state index contributed by atoms with van der Waals surface area (Å²) in [5.41, 5.74) is -0.119. The van der Waals surface area contributed by atoms with Crippen molar-refractivity contribution in [3.8, 4) is 0 Å². The Kier molecular flexibility index (Phi) is 3.63. The van der Waals surface area contributed by atoms with Crippen molar-refractivity contribution in [2.45, 2.75) is 50.4 Å². The van der Waals surface area contributed by atoms with E-state index in [0.29, 0.717) is 18.4 Å². The van der Waals surface area contributed by atoms with Gasteiger partial charge in [-0.05, 0) is 31.1 Å². The molecule has 1 N–H and O–H groups in total. The zero-order chi connectivity index (χ0) is 12.6. The van der Waals surface area contributed by atoms with Crippen LogP contribution in [-0.2, 0) is 14.2 Å². The lowest BCUT2D eigenvalue weighted by Gasteiger charge is -2.40. The van der Waals surface area contributed by atoms with E-state index in [-0.39, 0.29) is 17.8 Å². The summed E-state index contributed by atoms with van der Waals surface area (Å²) in [6.45, 7) is 5.19.